The fraction of sp³-hybridized carbons (Fsp3) is 0.909. The minimum atomic E-state index is -3.45. The molecule has 1 fully saturated rings. The van der Waals surface area contributed by atoms with Crippen LogP contribution in [-0.2, 0) is 19.6 Å². The van der Waals surface area contributed by atoms with Gasteiger partial charge in [0.15, 0.2) is 0 Å². The summed E-state index contributed by atoms with van der Waals surface area (Å²) in [7, 11) is -0.394. The topological polar surface area (TPSA) is 84.5 Å². The van der Waals surface area contributed by atoms with Crippen molar-refractivity contribution in [2.75, 3.05) is 27.2 Å². The number of hydrogen-bond donors (Lipinski definition) is 2. The number of methoxy groups -OCH3 is 1. The van der Waals surface area contributed by atoms with Gasteiger partial charge in [-0.3, -0.25) is 4.79 Å². The number of ether oxygens (including phenoxy) is 1. The summed E-state index contributed by atoms with van der Waals surface area (Å²) in [5.74, 6) is -0.950. The molecule has 7 heteroatoms. The highest BCUT2D eigenvalue weighted by Crippen LogP contribution is 2.30. The van der Waals surface area contributed by atoms with Crippen LogP contribution in [-0.4, -0.2) is 46.9 Å². The van der Waals surface area contributed by atoms with Gasteiger partial charge >= 0.3 is 5.97 Å². The Labute approximate surface area is 109 Å². The van der Waals surface area contributed by atoms with Crippen molar-refractivity contribution in [2.45, 2.75) is 30.9 Å². The predicted octanol–water partition coefficient (Wildman–Crippen LogP) is -0.143. The molecule has 0 aromatic rings. The Hall–Kier alpha value is -0.660. The molecule has 0 aromatic heterocycles. The third-order valence-corrected chi connectivity index (χ3v) is 5.25. The Morgan fingerprint density at radius 1 is 1.28 bits per heavy atom. The van der Waals surface area contributed by atoms with Gasteiger partial charge in [0, 0.05) is 13.1 Å². The number of carbonyl (C=O) groups excluding carboxylic acids is 1. The van der Waals surface area contributed by atoms with Crippen LogP contribution in [0, 0.1) is 5.92 Å². The van der Waals surface area contributed by atoms with Crippen molar-refractivity contribution in [2.24, 2.45) is 5.92 Å². The Bertz CT molecular complexity index is 369. The summed E-state index contributed by atoms with van der Waals surface area (Å²) >= 11 is 0. The van der Waals surface area contributed by atoms with Crippen LogP contribution in [0.3, 0.4) is 0 Å². The Kier molecular flexibility index (Phi) is 6.04. The third-order valence-electron chi connectivity index (χ3n) is 3.28. The van der Waals surface area contributed by atoms with E-state index in [9.17, 15) is 13.2 Å². The van der Waals surface area contributed by atoms with Gasteiger partial charge in [0.1, 0.15) is 0 Å². The van der Waals surface area contributed by atoms with Crippen LogP contribution < -0.4 is 10.0 Å². The average Bonchev–Trinajstić information content (AvgIpc) is 2.38. The van der Waals surface area contributed by atoms with Crippen molar-refractivity contribution < 1.29 is 17.9 Å². The number of carbonyl (C=O) groups is 1. The van der Waals surface area contributed by atoms with E-state index in [-0.39, 0.29) is 0 Å². The quantitative estimate of drug-likeness (QED) is 0.522. The van der Waals surface area contributed by atoms with E-state index in [1.807, 2.05) is 0 Å². The van der Waals surface area contributed by atoms with Crippen LogP contribution in [0.1, 0.15) is 25.7 Å². The van der Waals surface area contributed by atoms with Crippen molar-refractivity contribution in [3.63, 3.8) is 0 Å². The summed E-state index contributed by atoms with van der Waals surface area (Å²) in [5.41, 5.74) is 0. The highest BCUT2D eigenvalue weighted by atomic mass is 32.2. The lowest BCUT2D eigenvalue weighted by molar-refractivity contribution is -0.146. The van der Waals surface area contributed by atoms with Crippen molar-refractivity contribution in [1.29, 1.82) is 0 Å². The normalized spacial score (nSPS) is 24.8. The molecule has 0 spiro atoms. The maximum absolute atomic E-state index is 12.1. The van der Waals surface area contributed by atoms with Gasteiger partial charge in [-0.25, -0.2) is 13.1 Å². The van der Waals surface area contributed by atoms with Crippen molar-refractivity contribution in [3.05, 3.63) is 0 Å². The van der Waals surface area contributed by atoms with Gasteiger partial charge < -0.3 is 10.1 Å². The van der Waals surface area contributed by atoms with Gasteiger partial charge in [-0.2, -0.15) is 0 Å². The molecule has 0 amide bonds. The fourth-order valence-corrected chi connectivity index (χ4v) is 4.07. The lowest BCUT2D eigenvalue weighted by atomic mass is 9.89. The summed E-state index contributed by atoms with van der Waals surface area (Å²) < 4.78 is 31.5. The largest absolute Gasteiger partial charge is 0.469 e. The van der Waals surface area contributed by atoms with E-state index in [0.717, 1.165) is 12.8 Å². The molecule has 2 unspecified atom stereocenters. The minimum Gasteiger partial charge on any atom is -0.469 e. The molecule has 0 aromatic carbocycles. The molecule has 106 valence electrons. The Morgan fingerprint density at radius 3 is 2.56 bits per heavy atom. The molecular formula is C11H22N2O4S. The summed E-state index contributed by atoms with van der Waals surface area (Å²) in [6.07, 6.45) is 2.83. The van der Waals surface area contributed by atoms with E-state index >= 15 is 0 Å². The lowest BCUT2D eigenvalue weighted by Crippen LogP contribution is -2.45. The van der Waals surface area contributed by atoms with Gasteiger partial charge in [0.2, 0.25) is 10.0 Å². The third kappa shape index (κ3) is 3.93. The highest BCUT2D eigenvalue weighted by Gasteiger charge is 2.39. The zero-order valence-electron chi connectivity index (χ0n) is 10.9. The molecule has 0 saturated heterocycles. The van der Waals surface area contributed by atoms with Crippen molar-refractivity contribution in [1.82, 2.24) is 10.0 Å². The van der Waals surface area contributed by atoms with Gasteiger partial charge in [0.05, 0.1) is 18.3 Å². The number of likely N-dealkylation sites (N-methyl/N-ethyl adjacent to an activating group) is 1. The molecule has 2 N–H and O–H groups in total. The van der Waals surface area contributed by atoms with E-state index in [2.05, 4.69) is 10.0 Å². The molecule has 0 heterocycles. The first-order chi connectivity index (χ1) is 8.53. The van der Waals surface area contributed by atoms with Gasteiger partial charge in [0.25, 0.3) is 0 Å². The van der Waals surface area contributed by atoms with Crippen molar-refractivity contribution in [3.8, 4) is 0 Å². The average molecular weight is 278 g/mol. The molecule has 1 aliphatic carbocycles. The molecule has 0 radical (unpaired) electrons. The maximum Gasteiger partial charge on any atom is 0.310 e. The first kappa shape index (κ1) is 15.4. The second kappa shape index (κ2) is 7.06. The zero-order chi connectivity index (χ0) is 13.6. The Balaban J connectivity index is 2.73. The smallest absolute Gasteiger partial charge is 0.310 e. The molecule has 18 heavy (non-hydrogen) atoms. The number of esters is 1. The van der Waals surface area contributed by atoms with Crippen molar-refractivity contribution >= 4 is 16.0 Å². The number of hydrogen-bond acceptors (Lipinski definition) is 5. The molecule has 6 nitrogen and oxygen atoms in total. The number of nitrogens with one attached hydrogen (secondary N) is 2. The van der Waals surface area contributed by atoms with Crippen LogP contribution in [0.4, 0.5) is 0 Å². The van der Waals surface area contributed by atoms with Crippen LogP contribution in [0.25, 0.3) is 0 Å². The minimum absolute atomic E-state index is 0.337. The molecule has 0 bridgehead atoms. The van der Waals surface area contributed by atoms with Crippen LogP contribution in [0.5, 0.6) is 0 Å². The first-order valence-electron chi connectivity index (χ1n) is 6.24. The monoisotopic (exact) mass is 278 g/mol. The van der Waals surface area contributed by atoms with E-state index in [1.54, 1.807) is 7.05 Å². The lowest BCUT2D eigenvalue weighted by Gasteiger charge is -2.29. The number of rotatable bonds is 6. The molecule has 2 atom stereocenters. The van der Waals surface area contributed by atoms with E-state index in [0.29, 0.717) is 25.9 Å². The van der Waals surface area contributed by atoms with Gasteiger partial charge in [-0.1, -0.05) is 12.8 Å². The first-order valence-corrected chi connectivity index (χ1v) is 7.78. The summed E-state index contributed by atoms with van der Waals surface area (Å²) in [4.78, 5) is 11.6. The van der Waals surface area contributed by atoms with Crippen LogP contribution in [0.2, 0.25) is 0 Å². The van der Waals surface area contributed by atoms with E-state index in [4.69, 9.17) is 4.74 Å². The molecule has 1 aliphatic rings. The summed E-state index contributed by atoms with van der Waals surface area (Å²) in [6.45, 7) is 0.901. The van der Waals surface area contributed by atoms with Gasteiger partial charge in [-0.15, -0.1) is 0 Å². The van der Waals surface area contributed by atoms with E-state index in [1.165, 1.54) is 7.11 Å². The standard InChI is InChI=1S/C11H22N2O4S/c1-12-7-8-13-18(15,16)10-6-4-3-5-9(10)11(14)17-2/h9-10,12-13H,3-8H2,1-2H3. The van der Waals surface area contributed by atoms with Crippen LogP contribution >= 0.6 is 0 Å². The Morgan fingerprint density at radius 2 is 1.94 bits per heavy atom. The highest BCUT2D eigenvalue weighted by molar-refractivity contribution is 7.90. The predicted molar refractivity (Wildman–Crippen MR) is 68.6 cm³/mol. The molecule has 1 saturated carbocycles. The second-order valence-corrected chi connectivity index (χ2v) is 6.48. The summed E-state index contributed by atoms with van der Waals surface area (Å²) in [5, 5.41) is 2.21. The maximum atomic E-state index is 12.1. The fourth-order valence-electron chi connectivity index (χ4n) is 2.31. The SMILES string of the molecule is CNCCNS(=O)(=O)C1CCCCC1C(=O)OC. The second-order valence-electron chi connectivity index (χ2n) is 4.50. The zero-order valence-corrected chi connectivity index (χ0v) is 11.8. The van der Waals surface area contributed by atoms with Crippen LogP contribution in [0.15, 0.2) is 0 Å². The molecule has 1 rings (SSSR count). The summed E-state index contributed by atoms with van der Waals surface area (Å²) in [6, 6.07) is 0. The molecular weight excluding hydrogens is 256 g/mol. The molecule has 0 aliphatic heterocycles. The van der Waals surface area contributed by atoms with Gasteiger partial charge in [-0.05, 0) is 19.9 Å². The number of sulfonamides is 1. The van der Waals surface area contributed by atoms with E-state index < -0.39 is 27.2 Å².